The fourth-order valence-electron chi connectivity index (χ4n) is 7.20. The zero-order chi connectivity index (χ0) is 44.3. The molecular weight excluding hydrogens is 813 g/mol. The van der Waals surface area contributed by atoms with Crippen LogP contribution in [0, 0.1) is 23.7 Å². The first kappa shape index (κ1) is 46.9. The minimum atomic E-state index is -0.496. The highest BCUT2D eigenvalue weighted by Gasteiger charge is 2.36. The van der Waals surface area contributed by atoms with Crippen molar-refractivity contribution in [2.75, 3.05) is 51.2 Å². The first-order chi connectivity index (χ1) is 30.8. The number of fused-ring (bicyclic) bond motifs is 1. The van der Waals surface area contributed by atoms with Gasteiger partial charge in [-0.15, -0.1) is 0 Å². The van der Waals surface area contributed by atoms with Crippen molar-refractivity contribution in [2.45, 2.75) is 91.4 Å². The molecular formula is C51H60N4O7S. The Balaban J connectivity index is 1.09. The lowest BCUT2D eigenvalue weighted by Crippen LogP contribution is -2.45. The molecule has 0 unspecified atom stereocenters. The number of hydrogen-bond donors (Lipinski definition) is 0. The maximum Gasteiger partial charge on any atom is 0.343 e. The molecule has 6 rings (SSSR count). The van der Waals surface area contributed by atoms with Gasteiger partial charge in [0, 0.05) is 37.0 Å². The number of aromatic nitrogens is 1. The van der Waals surface area contributed by atoms with E-state index in [2.05, 4.69) is 19.9 Å². The third-order valence-electron chi connectivity index (χ3n) is 11.2. The topological polar surface area (TPSA) is 133 Å². The maximum atomic E-state index is 13.5. The number of hydrazone groups is 1. The molecule has 1 aliphatic heterocycles. The Kier molecular flexibility index (Phi) is 18.1. The van der Waals surface area contributed by atoms with Crippen LogP contribution in [0.2, 0.25) is 0 Å². The van der Waals surface area contributed by atoms with Gasteiger partial charge in [0.1, 0.15) is 11.5 Å². The van der Waals surface area contributed by atoms with Crippen LogP contribution in [-0.4, -0.2) is 69.3 Å². The standard InChI is InChI=1S/C51H60N4O7S/c1-4-15-39-18-20-41(21-19-39)48(56)61-31-26-40-22-24-44(33-43(40)34-53-55(28-12-8-11-27-52)50-54-45-16-9-10-17-47(45)63-50)62-49(57)42-23-25-46(38(3)32-42)60-30-14-7-6-13-29-58-35-51(5-2)36-59-37-51/h9-10,16-25,32-34H,4-8,11-15,26,28-31,35-37H2,1-3H3/b53-34+. The Morgan fingerprint density at radius 3 is 2.41 bits per heavy atom. The lowest BCUT2D eigenvalue weighted by atomic mass is 9.84. The highest BCUT2D eigenvalue weighted by molar-refractivity contribution is 7.22. The highest BCUT2D eigenvalue weighted by Crippen LogP contribution is 2.32. The number of esters is 2. The molecule has 0 amide bonds. The molecule has 12 heteroatoms. The summed E-state index contributed by atoms with van der Waals surface area (Å²) in [6.07, 6.45) is 11.3. The summed E-state index contributed by atoms with van der Waals surface area (Å²) >= 11 is 1.54. The summed E-state index contributed by atoms with van der Waals surface area (Å²) in [4.78, 5) is 31.3. The number of nitriles is 1. The number of carbonyl (C=O) groups excluding carboxylic acids is 2. The van der Waals surface area contributed by atoms with Crippen molar-refractivity contribution in [3.63, 3.8) is 0 Å². The summed E-state index contributed by atoms with van der Waals surface area (Å²) in [5.74, 6) is 0.205. The number of hydrogen-bond acceptors (Lipinski definition) is 12. The summed E-state index contributed by atoms with van der Waals surface area (Å²) in [7, 11) is 0. The van der Waals surface area contributed by atoms with Crippen molar-refractivity contribution in [1.29, 1.82) is 5.26 Å². The van der Waals surface area contributed by atoms with Gasteiger partial charge in [-0.3, -0.25) is 0 Å². The van der Waals surface area contributed by atoms with Crippen molar-refractivity contribution in [2.24, 2.45) is 10.5 Å². The van der Waals surface area contributed by atoms with E-state index in [0.717, 1.165) is 116 Å². The molecule has 0 radical (unpaired) electrons. The number of unbranched alkanes of at least 4 members (excludes halogenated alkanes) is 5. The van der Waals surface area contributed by atoms with Crippen LogP contribution >= 0.6 is 11.3 Å². The fourth-order valence-corrected chi connectivity index (χ4v) is 8.15. The van der Waals surface area contributed by atoms with Crippen molar-refractivity contribution in [1.82, 2.24) is 4.98 Å². The number of carbonyl (C=O) groups is 2. The first-order valence-electron chi connectivity index (χ1n) is 22.3. The zero-order valence-electron chi connectivity index (χ0n) is 36.9. The van der Waals surface area contributed by atoms with Crippen LogP contribution < -0.4 is 14.5 Å². The van der Waals surface area contributed by atoms with Crippen LogP contribution in [0.1, 0.15) is 115 Å². The number of aryl methyl sites for hydroxylation is 2. The molecule has 0 aliphatic carbocycles. The van der Waals surface area contributed by atoms with E-state index in [4.69, 9.17) is 39.0 Å². The summed E-state index contributed by atoms with van der Waals surface area (Å²) in [6, 6.07) is 28.4. The van der Waals surface area contributed by atoms with E-state index in [1.54, 1.807) is 53.9 Å². The summed E-state index contributed by atoms with van der Waals surface area (Å²) < 4.78 is 30.1. The third-order valence-corrected chi connectivity index (χ3v) is 12.3. The van der Waals surface area contributed by atoms with Crippen molar-refractivity contribution < 1.29 is 33.3 Å². The average Bonchev–Trinajstić information content (AvgIpc) is 3.72. The van der Waals surface area contributed by atoms with Crippen molar-refractivity contribution >= 4 is 44.8 Å². The van der Waals surface area contributed by atoms with Crippen molar-refractivity contribution in [3.05, 3.63) is 118 Å². The normalized spacial score (nSPS) is 13.1. The largest absolute Gasteiger partial charge is 0.493 e. The first-order valence-corrected chi connectivity index (χ1v) is 23.2. The van der Waals surface area contributed by atoms with Crippen LogP contribution in [0.3, 0.4) is 0 Å². The van der Waals surface area contributed by atoms with Gasteiger partial charge < -0.3 is 23.7 Å². The number of nitrogens with zero attached hydrogens (tertiary/aromatic N) is 4. The Hall–Kier alpha value is -5.61. The maximum absolute atomic E-state index is 13.5. The van der Waals surface area contributed by atoms with E-state index in [1.807, 2.05) is 60.5 Å². The van der Waals surface area contributed by atoms with Crippen LogP contribution in [0.5, 0.6) is 11.5 Å². The molecule has 0 N–H and O–H groups in total. The molecule has 11 nitrogen and oxygen atoms in total. The van der Waals surface area contributed by atoms with Gasteiger partial charge in [0.2, 0.25) is 5.13 Å². The van der Waals surface area contributed by atoms with E-state index < -0.39 is 5.97 Å². The summed E-state index contributed by atoms with van der Waals surface area (Å²) in [6.45, 7) is 10.7. The van der Waals surface area contributed by atoms with Crippen LogP contribution in [0.4, 0.5) is 5.13 Å². The molecule has 1 aromatic heterocycles. The Labute approximate surface area is 376 Å². The summed E-state index contributed by atoms with van der Waals surface area (Å²) in [5, 5.41) is 16.6. The average molecular weight is 873 g/mol. The predicted octanol–water partition coefficient (Wildman–Crippen LogP) is 11.1. The molecule has 63 heavy (non-hydrogen) atoms. The third kappa shape index (κ3) is 13.9. The highest BCUT2D eigenvalue weighted by atomic mass is 32.1. The van der Waals surface area contributed by atoms with Gasteiger partial charge in [-0.2, -0.15) is 10.4 Å². The monoisotopic (exact) mass is 872 g/mol. The van der Waals surface area contributed by atoms with Gasteiger partial charge in [0.05, 0.1) is 66.7 Å². The van der Waals surface area contributed by atoms with Crippen molar-refractivity contribution in [3.8, 4) is 17.6 Å². The van der Waals surface area contributed by atoms with E-state index in [0.29, 0.717) is 48.4 Å². The van der Waals surface area contributed by atoms with Gasteiger partial charge in [0.15, 0.2) is 0 Å². The predicted molar refractivity (Wildman–Crippen MR) is 249 cm³/mol. The number of anilines is 1. The molecule has 1 saturated heterocycles. The Bertz CT molecular complexity index is 2280. The van der Waals surface area contributed by atoms with Gasteiger partial charge in [-0.05, 0) is 123 Å². The van der Waals surface area contributed by atoms with E-state index >= 15 is 0 Å². The second kappa shape index (κ2) is 24.3. The molecule has 0 spiro atoms. The molecule has 1 fully saturated rings. The molecule has 4 aromatic carbocycles. The van der Waals surface area contributed by atoms with E-state index in [-0.39, 0.29) is 18.0 Å². The minimum Gasteiger partial charge on any atom is -0.493 e. The molecule has 0 bridgehead atoms. The number of ether oxygens (including phenoxy) is 5. The lowest BCUT2D eigenvalue weighted by molar-refractivity contribution is -0.150. The van der Waals surface area contributed by atoms with E-state index in [9.17, 15) is 9.59 Å². The number of thiazole rings is 1. The number of para-hydroxylation sites is 1. The lowest BCUT2D eigenvalue weighted by Gasteiger charge is -2.40. The zero-order valence-corrected chi connectivity index (χ0v) is 37.8. The van der Waals surface area contributed by atoms with Crippen LogP contribution in [-0.2, 0) is 27.1 Å². The van der Waals surface area contributed by atoms with Gasteiger partial charge >= 0.3 is 11.9 Å². The fraction of sp³-hybridized carbons (Fsp3) is 0.431. The van der Waals surface area contributed by atoms with E-state index in [1.165, 1.54) is 5.56 Å². The second-order valence-corrected chi connectivity index (χ2v) is 17.2. The number of benzene rings is 4. The molecule has 0 saturated carbocycles. The summed E-state index contributed by atoms with van der Waals surface area (Å²) in [5.41, 5.74) is 5.61. The molecule has 2 heterocycles. The smallest absolute Gasteiger partial charge is 0.343 e. The molecule has 0 atom stereocenters. The van der Waals surface area contributed by atoms with Crippen LogP contribution in [0.15, 0.2) is 90.0 Å². The quantitative estimate of drug-likeness (QED) is 0.0174. The Morgan fingerprint density at radius 1 is 0.889 bits per heavy atom. The number of rotatable bonds is 26. The molecule has 5 aromatic rings. The van der Waals surface area contributed by atoms with Gasteiger partial charge in [-0.25, -0.2) is 19.6 Å². The SMILES string of the molecule is CCCc1ccc(C(=O)OCCc2ccc(OC(=O)c3ccc(OCCCCCCOCC4(CC)COC4)c(C)c3)cc2/C=N/N(CCCCC#N)c2nc3ccccc3s2)cc1. The molecule has 1 aliphatic rings. The van der Waals surface area contributed by atoms with Gasteiger partial charge in [-0.1, -0.05) is 68.4 Å². The van der Waals surface area contributed by atoms with Gasteiger partial charge in [0.25, 0.3) is 0 Å². The minimum absolute atomic E-state index is 0.143. The molecule has 332 valence electrons. The second-order valence-electron chi connectivity index (χ2n) is 16.2. The van der Waals surface area contributed by atoms with Crippen LogP contribution in [0.25, 0.3) is 10.2 Å². The Morgan fingerprint density at radius 2 is 1.68 bits per heavy atom.